The van der Waals surface area contributed by atoms with Gasteiger partial charge in [0.2, 0.25) is 10.0 Å². The Hall–Kier alpha value is -0.600. The number of nitrogens with zero attached hydrogens (tertiary/aromatic N) is 1. The van der Waals surface area contributed by atoms with Crippen molar-refractivity contribution in [2.24, 2.45) is 5.92 Å². The standard InChI is InChI=1S/C11H18N2O2S/c12-8-9-4-6-10(7-5-9)13-16(14,15)11-2-1-3-11/h9-11,13H,1-7H2. The van der Waals surface area contributed by atoms with Crippen molar-refractivity contribution >= 4 is 10.0 Å². The minimum Gasteiger partial charge on any atom is -0.212 e. The van der Waals surface area contributed by atoms with Crippen LogP contribution in [0.1, 0.15) is 44.9 Å². The number of sulfonamides is 1. The molecule has 90 valence electrons. The zero-order valence-corrected chi connectivity index (χ0v) is 10.2. The largest absolute Gasteiger partial charge is 0.214 e. The van der Waals surface area contributed by atoms with Crippen molar-refractivity contribution in [3.8, 4) is 6.07 Å². The molecule has 16 heavy (non-hydrogen) atoms. The molecule has 0 aromatic heterocycles. The zero-order valence-electron chi connectivity index (χ0n) is 9.35. The number of hydrogen-bond acceptors (Lipinski definition) is 3. The number of rotatable bonds is 3. The van der Waals surface area contributed by atoms with Crippen LogP contribution in [-0.4, -0.2) is 19.7 Å². The molecule has 1 N–H and O–H groups in total. The van der Waals surface area contributed by atoms with E-state index in [2.05, 4.69) is 10.8 Å². The summed E-state index contributed by atoms with van der Waals surface area (Å²) in [5, 5.41) is 8.60. The van der Waals surface area contributed by atoms with E-state index in [9.17, 15) is 8.42 Å². The van der Waals surface area contributed by atoms with Crippen molar-refractivity contribution in [3.05, 3.63) is 0 Å². The Morgan fingerprint density at radius 2 is 1.69 bits per heavy atom. The Morgan fingerprint density at radius 3 is 2.12 bits per heavy atom. The molecular weight excluding hydrogens is 224 g/mol. The van der Waals surface area contributed by atoms with Crippen molar-refractivity contribution in [2.45, 2.75) is 56.2 Å². The highest BCUT2D eigenvalue weighted by atomic mass is 32.2. The van der Waals surface area contributed by atoms with Crippen LogP contribution in [-0.2, 0) is 10.0 Å². The summed E-state index contributed by atoms with van der Waals surface area (Å²) < 4.78 is 26.5. The van der Waals surface area contributed by atoms with Crippen LogP contribution in [0.3, 0.4) is 0 Å². The summed E-state index contributed by atoms with van der Waals surface area (Å²) in [6, 6.07) is 2.32. The highest BCUT2D eigenvalue weighted by Crippen LogP contribution is 2.28. The van der Waals surface area contributed by atoms with Gasteiger partial charge in [-0.3, -0.25) is 0 Å². The molecule has 0 amide bonds. The van der Waals surface area contributed by atoms with Gasteiger partial charge in [0.1, 0.15) is 0 Å². The van der Waals surface area contributed by atoms with E-state index in [-0.39, 0.29) is 17.2 Å². The molecule has 0 bridgehead atoms. The summed E-state index contributed by atoms with van der Waals surface area (Å²) in [4.78, 5) is 0. The SMILES string of the molecule is N#CC1CCC(NS(=O)(=O)C2CCC2)CC1. The third-order valence-electron chi connectivity index (χ3n) is 3.73. The number of nitrogens with one attached hydrogen (secondary N) is 1. The molecule has 2 rings (SSSR count). The van der Waals surface area contributed by atoms with Gasteiger partial charge in [-0.2, -0.15) is 5.26 Å². The summed E-state index contributed by atoms with van der Waals surface area (Å²) in [5.41, 5.74) is 0. The van der Waals surface area contributed by atoms with E-state index in [0.717, 1.165) is 44.9 Å². The first-order valence-corrected chi connectivity index (χ1v) is 7.57. The predicted octanol–water partition coefficient (Wildman–Crippen LogP) is 1.54. The average molecular weight is 242 g/mol. The second kappa shape index (κ2) is 4.72. The normalized spacial score (nSPS) is 31.7. The number of nitriles is 1. The van der Waals surface area contributed by atoms with Gasteiger partial charge in [0.25, 0.3) is 0 Å². The first-order chi connectivity index (χ1) is 7.62. The monoisotopic (exact) mass is 242 g/mol. The molecule has 2 fully saturated rings. The molecule has 4 nitrogen and oxygen atoms in total. The Balaban J connectivity index is 1.84. The molecule has 0 atom stereocenters. The second-order valence-corrected chi connectivity index (χ2v) is 6.89. The molecule has 2 aliphatic carbocycles. The zero-order chi connectivity index (χ0) is 11.6. The molecule has 0 saturated heterocycles. The molecule has 0 aromatic rings. The predicted molar refractivity (Wildman–Crippen MR) is 61.1 cm³/mol. The van der Waals surface area contributed by atoms with Crippen LogP contribution in [0.25, 0.3) is 0 Å². The van der Waals surface area contributed by atoms with Crippen LogP contribution in [0.4, 0.5) is 0 Å². The Kier molecular flexibility index (Phi) is 3.50. The van der Waals surface area contributed by atoms with Crippen LogP contribution < -0.4 is 4.72 Å². The molecule has 0 radical (unpaired) electrons. The molecule has 2 saturated carbocycles. The number of hydrogen-bond donors (Lipinski definition) is 1. The van der Waals surface area contributed by atoms with Gasteiger partial charge in [-0.1, -0.05) is 6.42 Å². The van der Waals surface area contributed by atoms with Gasteiger partial charge in [0.15, 0.2) is 0 Å². The van der Waals surface area contributed by atoms with Crippen LogP contribution in [0.2, 0.25) is 0 Å². The van der Waals surface area contributed by atoms with Gasteiger partial charge in [-0.25, -0.2) is 13.1 Å². The highest BCUT2D eigenvalue weighted by molar-refractivity contribution is 7.90. The lowest BCUT2D eigenvalue weighted by Gasteiger charge is -2.30. The van der Waals surface area contributed by atoms with E-state index in [1.54, 1.807) is 0 Å². The summed E-state index contributed by atoms with van der Waals surface area (Å²) in [6.07, 6.45) is 5.93. The molecule has 0 unspecified atom stereocenters. The van der Waals surface area contributed by atoms with E-state index >= 15 is 0 Å². The van der Waals surface area contributed by atoms with Crippen LogP contribution >= 0.6 is 0 Å². The first-order valence-electron chi connectivity index (χ1n) is 6.02. The van der Waals surface area contributed by atoms with Crippen molar-refractivity contribution in [1.82, 2.24) is 4.72 Å². The van der Waals surface area contributed by atoms with Gasteiger partial charge >= 0.3 is 0 Å². The van der Waals surface area contributed by atoms with Crippen molar-refractivity contribution < 1.29 is 8.42 Å². The van der Waals surface area contributed by atoms with E-state index < -0.39 is 10.0 Å². The van der Waals surface area contributed by atoms with Crippen LogP contribution in [0, 0.1) is 17.2 Å². The molecule has 0 heterocycles. The van der Waals surface area contributed by atoms with Crippen LogP contribution in [0.15, 0.2) is 0 Å². The molecule has 5 heteroatoms. The fourth-order valence-corrected chi connectivity index (χ4v) is 4.20. The van der Waals surface area contributed by atoms with Crippen molar-refractivity contribution in [2.75, 3.05) is 0 Å². The van der Waals surface area contributed by atoms with Crippen molar-refractivity contribution in [1.29, 1.82) is 5.26 Å². The lowest BCUT2D eigenvalue weighted by molar-refractivity contribution is 0.357. The smallest absolute Gasteiger partial charge is 0.212 e. The Morgan fingerprint density at radius 1 is 1.06 bits per heavy atom. The maximum atomic E-state index is 11.9. The fraction of sp³-hybridized carbons (Fsp3) is 0.909. The summed E-state index contributed by atoms with van der Waals surface area (Å²) >= 11 is 0. The highest BCUT2D eigenvalue weighted by Gasteiger charge is 2.33. The van der Waals surface area contributed by atoms with Crippen LogP contribution in [0.5, 0.6) is 0 Å². The van der Waals surface area contributed by atoms with Gasteiger partial charge < -0.3 is 0 Å². The fourth-order valence-electron chi connectivity index (χ4n) is 2.35. The van der Waals surface area contributed by atoms with Gasteiger partial charge in [0, 0.05) is 12.0 Å². The van der Waals surface area contributed by atoms with E-state index in [4.69, 9.17) is 5.26 Å². The summed E-state index contributed by atoms with van der Waals surface area (Å²) in [6.45, 7) is 0. The summed E-state index contributed by atoms with van der Waals surface area (Å²) in [5.74, 6) is 0.129. The van der Waals surface area contributed by atoms with E-state index in [1.165, 1.54) is 0 Å². The quantitative estimate of drug-likeness (QED) is 0.816. The Bertz CT molecular complexity index is 373. The Labute approximate surface area is 97.1 Å². The lowest BCUT2D eigenvalue weighted by atomic mass is 9.87. The third kappa shape index (κ3) is 2.55. The topological polar surface area (TPSA) is 70.0 Å². The molecule has 0 aromatic carbocycles. The minimum absolute atomic E-state index is 0.0650. The minimum atomic E-state index is -3.08. The first kappa shape index (κ1) is 11.9. The van der Waals surface area contributed by atoms with E-state index in [1.807, 2.05) is 0 Å². The maximum Gasteiger partial charge on any atom is 0.214 e. The molecular formula is C11H18N2O2S. The molecule has 0 aliphatic heterocycles. The van der Waals surface area contributed by atoms with Gasteiger partial charge in [-0.15, -0.1) is 0 Å². The lowest BCUT2D eigenvalue weighted by Crippen LogP contribution is -2.44. The van der Waals surface area contributed by atoms with Gasteiger partial charge in [-0.05, 0) is 38.5 Å². The maximum absolute atomic E-state index is 11.9. The molecule has 2 aliphatic rings. The average Bonchev–Trinajstić information content (AvgIpc) is 2.14. The van der Waals surface area contributed by atoms with Gasteiger partial charge in [0.05, 0.1) is 11.3 Å². The van der Waals surface area contributed by atoms with Crippen molar-refractivity contribution in [3.63, 3.8) is 0 Å². The third-order valence-corrected chi connectivity index (χ3v) is 5.74. The second-order valence-electron chi connectivity index (χ2n) is 4.89. The van der Waals surface area contributed by atoms with E-state index in [0.29, 0.717) is 0 Å². The summed E-state index contributed by atoms with van der Waals surface area (Å²) in [7, 11) is -3.08. The molecule has 0 spiro atoms.